The number of rotatable bonds is 4. The average molecular weight is 488 g/mol. The zero-order chi connectivity index (χ0) is 24.1. The Balaban J connectivity index is 1.67. The van der Waals surface area contributed by atoms with Gasteiger partial charge in [0.05, 0.1) is 13.7 Å². The molecule has 0 bridgehead atoms. The summed E-state index contributed by atoms with van der Waals surface area (Å²) in [5.74, 6) is 0.558. The normalized spacial score (nSPS) is 20.8. The number of nitrogens with one attached hydrogen (secondary N) is 1. The van der Waals surface area contributed by atoms with Crippen molar-refractivity contribution in [2.24, 2.45) is 0 Å². The van der Waals surface area contributed by atoms with E-state index in [-0.39, 0.29) is 17.8 Å². The molecular weight excluding hydrogens is 461 g/mol. The van der Waals surface area contributed by atoms with Gasteiger partial charge in [-0.2, -0.15) is 0 Å². The van der Waals surface area contributed by atoms with Gasteiger partial charge in [0.15, 0.2) is 0 Å². The minimum absolute atomic E-state index is 0.0241. The van der Waals surface area contributed by atoms with Gasteiger partial charge in [-0.3, -0.25) is 9.69 Å². The summed E-state index contributed by atoms with van der Waals surface area (Å²) in [5, 5.41) is 3.57. The molecule has 33 heavy (non-hydrogen) atoms. The Morgan fingerprint density at radius 2 is 1.94 bits per heavy atom. The fourth-order valence-corrected chi connectivity index (χ4v) is 5.06. The van der Waals surface area contributed by atoms with Gasteiger partial charge in [-0.25, -0.2) is 4.79 Å². The monoisotopic (exact) mass is 487 g/mol. The van der Waals surface area contributed by atoms with E-state index in [4.69, 9.17) is 27.9 Å². The first kappa shape index (κ1) is 23.5. The van der Waals surface area contributed by atoms with Crippen LogP contribution in [0.1, 0.15) is 49.8 Å². The Bertz CT molecular complexity index is 1180. The van der Waals surface area contributed by atoms with E-state index >= 15 is 0 Å². The Hall–Kier alpha value is -2.70. The van der Waals surface area contributed by atoms with Crippen molar-refractivity contribution in [1.29, 1.82) is 0 Å². The number of nitrogens with zero attached hydrogens (tertiary/aromatic N) is 2. The molecule has 174 valence electrons. The summed E-state index contributed by atoms with van der Waals surface area (Å²) in [6, 6.07) is 8.53. The molecule has 2 heterocycles. The Morgan fingerprint density at radius 1 is 1.21 bits per heavy atom. The molecule has 1 N–H and O–H groups in total. The molecule has 0 saturated carbocycles. The third kappa shape index (κ3) is 4.30. The second-order valence-corrected chi connectivity index (χ2v) is 10.1. The van der Waals surface area contributed by atoms with E-state index in [1.54, 1.807) is 31.4 Å². The van der Waals surface area contributed by atoms with Crippen molar-refractivity contribution in [3.8, 4) is 5.75 Å². The van der Waals surface area contributed by atoms with E-state index in [9.17, 15) is 9.59 Å². The number of amides is 3. The number of benzene rings is 2. The summed E-state index contributed by atoms with van der Waals surface area (Å²) in [6.45, 7) is 6.71. The highest BCUT2D eigenvalue weighted by Gasteiger charge is 2.36. The highest BCUT2D eigenvalue weighted by atomic mass is 35.5. The van der Waals surface area contributed by atoms with Crippen molar-refractivity contribution in [2.75, 3.05) is 19.1 Å². The van der Waals surface area contributed by atoms with Crippen molar-refractivity contribution < 1.29 is 14.3 Å². The number of carbonyl (C=O) groups is 2. The first-order valence-electron chi connectivity index (χ1n) is 10.8. The van der Waals surface area contributed by atoms with Gasteiger partial charge in [0.2, 0.25) is 0 Å². The van der Waals surface area contributed by atoms with Crippen LogP contribution >= 0.6 is 23.2 Å². The third-order valence-electron chi connectivity index (χ3n) is 6.59. The highest BCUT2D eigenvalue weighted by molar-refractivity contribution is 6.35. The zero-order valence-corrected chi connectivity index (χ0v) is 20.8. The van der Waals surface area contributed by atoms with Crippen LogP contribution in [0.3, 0.4) is 0 Å². The molecule has 0 aliphatic carbocycles. The second-order valence-electron chi connectivity index (χ2n) is 9.24. The van der Waals surface area contributed by atoms with Crippen LogP contribution in [0.25, 0.3) is 6.08 Å². The lowest BCUT2D eigenvalue weighted by Crippen LogP contribution is -2.45. The maximum Gasteiger partial charge on any atom is 0.329 e. The van der Waals surface area contributed by atoms with E-state index in [0.717, 1.165) is 22.6 Å². The molecule has 2 aromatic rings. The van der Waals surface area contributed by atoms with Gasteiger partial charge in [-0.15, -0.1) is 0 Å². The predicted molar refractivity (Wildman–Crippen MR) is 132 cm³/mol. The summed E-state index contributed by atoms with van der Waals surface area (Å²) < 4.78 is 5.65. The van der Waals surface area contributed by atoms with Crippen LogP contribution < -0.4 is 15.0 Å². The lowest BCUT2D eigenvalue weighted by molar-refractivity contribution is -0.123. The quantitative estimate of drug-likeness (QED) is 0.436. The van der Waals surface area contributed by atoms with Crippen LogP contribution in [0, 0.1) is 0 Å². The van der Waals surface area contributed by atoms with Crippen LogP contribution in [0.15, 0.2) is 36.0 Å². The van der Waals surface area contributed by atoms with E-state index in [0.29, 0.717) is 27.3 Å². The van der Waals surface area contributed by atoms with Crippen molar-refractivity contribution in [1.82, 2.24) is 10.2 Å². The average Bonchev–Trinajstić information content (AvgIpc) is 3.00. The standard InChI is InChI=1S/C25H27Cl2N3O3/c1-14-12-25(2,3)29(4)21-11-22(33-5)16(8-18(14)21)9-20-23(31)30(24(32)28-20)13-15-6-7-17(26)10-19(15)27/h6-11,14H,12-13H2,1-5H3,(H,28,32)/b20-9+. The van der Waals surface area contributed by atoms with Crippen LogP contribution in [-0.2, 0) is 11.3 Å². The fraction of sp³-hybridized carbons (Fsp3) is 0.360. The number of urea groups is 1. The minimum atomic E-state index is -0.496. The van der Waals surface area contributed by atoms with Gasteiger partial charge < -0.3 is 15.0 Å². The van der Waals surface area contributed by atoms with Crippen LogP contribution in [0.5, 0.6) is 5.75 Å². The van der Waals surface area contributed by atoms with Gasteiger partial charge in [-0.05, 0) is 61.6 Å². The molecule has 1 fully saturated rings. The van der Waals surface area contributed by atoms with Crippen molar-refractivity contribution in [3.63, 3.8) is 0 Å². The summed E-state index contributed by atoms with van der Waals surface area (Å²) >= 11 is 12.2. The van der Waals surface area contributed by atoms with E-state index in [1.165, 1.54) is 5.56 Å². The summed E-state index contributed by atoms with van der Waals surface area (Å²) in [5.41, 5.74) is 3.89. The van der Waals surface area contributed by atoms with Crippen LogP contribution in [0.2, 0.25) is 10.0 Å². The highest BCUT2D eigenvalue weighted by Crippen LogP contribution is 2.45. The van der Waals surface area contributed by atoms with E-state index in [1.807, 2.05) is 6.07 Å². The minimum Gasteiger partial charge on any atom is -0.496 e. The number of ether oxygens (including phenoxy) is 1. The maximum absolute atomic E-state index is 13.0. The molecule has 1 atom stereocenters. The molecule has 8 heteroatoms. The van der Waals surface area contributed by atoms with Crippen LogP contribution in [0.4, 0.5) is 10.5 Å². The molecule has 4 rings (SSSR count). The molecular formula is C25H27Cl2N3O3. The first-order valence-corrected chi connectivity index (χ1v) is 11.5. The first-order chi connectivity index (χ1) is 15.5. The molecule has 6 nitrogen and oxygen atoms in total. The lowest BCUT2D eigenvalue weighted by Gasteiger charge is -2.45. The molecule has 0 spiro atoms. The molecule has 0 aromatic heterocycles. The molecule has 2 aliphatic rings. The fourth-order valence-electron chi connectivity index (χ4n) is 4.59. The third-order valence-corrected chi connectivity index (χ3v) is 7.18. The molecule has 2 aliphatic heterocycles. The number of halogens is 2. The second kappa shape index (κ2) is 8.58. The molecule has 0 radical (unpaired) electrons. The van der Waals surface area contributed by atoms with Crippen molar-refractivity contribution in [3.05, 3.63) is 62.8 Å². The van der Waals surface area contributed by atoms with Crippen LogP contribution in [-0.4, -0.2) is 36.5 Å². The van der Waals surface area contributed by atoms with Gasteiger partial charge in [-0.1, -0.05) is 36.2 Å². The summed E-state index contributed by atoms with van der Waals surface area (Å²) in [7, 11) is 3.69. The number of fused-ring (bicyclic) bond motifs is 1. The topological polar surface area (TPSA) is 61.9 Å². The van der Waals surface area contributed by atoms with Gasteiger partial charge in [0.1, 0.15) is 11.4 Å². The Labute approximate surface area is 204 Å². The number of imide groups is 1. The molecule has 3 amide bonds. The molecule has 2 aromatic carbocycles. The number of hydrogen-bond acceptors (Lipinski definition) is 4. The van der Waals surface area contributed by atoms with Crippen molar-refractivity contribution in [2.45, 2.75) is 45.2 Å². The largest absolute Gasteiger partial charge is 0.496 e. The Kier molecular flexibility index (Phi) is 6.10. The summed E-state index contributed by atoms with van der Waals surface area (Å²) in [4.78, 5) is 29.0. The van der Waals surface area contributed by atoms with Crippen molar-refractivity contribution >= 4 is 46.9 Å². The van der Waals surface area contributed by atoms with E-state index in [2.05, 4.69) is 44.1 Å². The molecule has 1 unspecified atom stereocenters. The lowest BCUT2D eigenvalue weighted by atomic mass is 9.80. The van der Waals surface area contributed by atoms with Gasteiger partial charge in [0.25, 0.3) is 5.91 Å². The summed E-state index contributed by atoms with van der Waals surface area (Å²) in [6.07, 6.45) is 2.68. The predicted octanol–water partition coefficient (Wildman–Crippen LogP) is 5.82. The zero-order valence-electron chi connectivity index (χ0n) is 19.3. The number of methoxy groups -OCH3 is 1. The SMILES string of the molecule is COc1cc2c(cc1/C=C1/NC(=O)N(Cc3ccc(Cl)cc3Cl)C1=O)C(C)CC(C)(C)N2C. The smallest absolute Gasteiger partial charge is 0.329 e. The maximum atomic E-state index is 13.0. The van der Waals surface area contributed by atoms with Gasteiger partial charge in [0, 0.05) is 39.9 Å². The van der Waals surface area contributed by atoms with Gasteiger partial charge >= 0.3 is 6.03 Å². The number of anilines is 1. The number of hydrogen-bond donors (Lipinski definition) is 1. The Morgan fingerprint density at radius 3 is 2.61 bits per heavy atom. The number of carbonyl (C=O) groups excluding carboxylic acids is 2. The molecule has 1 saturated heterocycles. The van der Waals surface area contributed by atoms with E-state index < -0.39 is 11.9 Å².